The van der Waals surface area contributed by atoms with Gasteiger partial charge in [0.15, 0.2) is 0 Å². The van der Waals surface area contributed by atoms with Crippen molar-refractivity contribution in [1.82, 2.24) is 10.3 Å². The van der Waals surface area contributed by atoms with Gasteiger partial charge in [0.05, 0.1) is 5.02 Å². The molecule has 0 fully saturated rings. The summed E-state index contributed by atoms with van der Waals surface area (Å²) < 4.78 is 5.47. The van der Waals surface area contributed by atoms with Crippen LogP contribution in [0.25, 0.3) is 0 Å². The van der Waals surface area contributed by atoms with E-state index in [2.05, 4.69) is 10.3 Å². The maximum Gasteiger partial charge on any atom is 0.139 e. The maximum atomic E-state index is 9.87. The first-order valence-electron chi connectivity index (χ1n) is 6.42. The minimum Gasteiger partial charge on any atom is -0.489 e. The van der Waals surface area contributed by atoms with Crippen LogP contribution in [0.4, 0.5) is 0 Å². The number of aliphatic hydroxyl groups is 1. The third kappa shape index (κ3) is 5.45. The zero-order chi connectivity index (χ0) is 15.2. The van der Waals surface area contributed by atoms with Crippen LogP contribution in [0, 0.1) is 6.92 Å². The number of aliphatic hydroxyl groups excluding tert-OH is 1. The molecule has 2 N–H and O–H groups in total. The summed E-state index contributed by atoms with van der Waals surface area (Å²) in [6, 6.07) is 4.97. The maximum absolute atomic E-state index is 9.87. The Kier molecular flexibility index (Phi) is 6.26. The first kappa shape index (κ1) is 16.5. The van der Waals surface area contributed by atoms with Crippen molar-refractivity contribution >= 4 is 34.5 Å². The van der Waals surface area contributed by atoms with Crippen LogP contribution < -0.4 is 10.1 Å². The van der Waals surface area contributed by atoms with Gasteiger partial charge < -0.3 is 15.2 Å². The number of halogens is 2. The highest BCUT2D eigenvalue weighted by molar-refractivity contribution is 7.09. The first-order valence-corrected chi connectivity index (χ1v) is 8.06. The van der Waals surface area contributed by atoms with E-state index in [1.807, 2.05) is 12.3 Å². The van der Waals surface area contributed by atoms with E-state index in [9.17, 15) is 5.11 Å². The Morgan fingerprint density at radius 1 is 1.43 bits per heavy atom. The Morgan fingerprint density at radius 3 is 2.95 bits per heavy atom. The molecular weight excluding hydrogens is 331 g/mol. The van der Waals surface area contributed by atoms with E-state index in [0.717, 1.165) is 10.7 Å². The molecule has 0 bridgehead atoms. The second-order valence-electron chi connectivity index (χ2n) is 4.55. The number of nitrogens with one attached hydrogen (secondary N) is 1. The van der Waals surface area contributed by atoms with E-state index >= 15 is 0 Å². The molecular formula is C14H16Cl2N2O2S. The summed E-state index contributed by atoms with van der Waals surface area (Å²) >= 11 is 13.4. The summed E-state index contributed by atoms with van der Waals surface area (Å²) in [7, 11) is 0. The van der Waals surface area contributed by atoms with Crippen LogP contribution in [0.2, 0.25) is 10.0 Å². The van der Waals surface area contributed by atoms with Gasteiger partial charge in [-0.2, -0.15) is 0 Å². The molecule has 1 aromatic heterocycles. The van der Waals surface area contributed by atoms with Crippen molar-refractivity contribution in [3.8, 4) is 5.75 Å². The molecule has 1 aromatic carbocycles. The highest BCUT2D eigenvalue weighted by Gasteiger charge is 2.08. The number of thiazole rings is 1. The predicted octanol–water partition coefficient (Wildman–Crippen LogP) is 3.29. The lowest BCUT2D eigenvalue weighted by molar-refractivity contribution is 0.106. The topological polar surface area (TPSA) is 54.4 Å². The summed E-state index contributed by atoms with van der Waals surface area (Å²) in [5.41, 5.74) is 1.01. The summed E-state index contributed by atoms with van der Waals surface area (Å²) in [4.78, 5) is 4.33. The summed E-state index contributed by atoms with van der Waals surface area (Å²) in [6.45, 7) is 3.14. The molecule has 7 heteroatoms. The van der Waals surface area contributed by atoms with E-state index in [1.54, 1.807) is 29.5 Å². The van der Waals surface area contributed by atoms with Gasteiger partial charge in [-0.1, -0.05) is 23.2 Å². The predicted molar refractivity (Wildman–Crippen MR) is 86.5 cm³/mol. The Bertz CT molecular complexity index is 592. The quantitative estimate of drug-likeness (QED) is 0.807. The van der Waals surface area contributed by atoms with Crippen molar-refractivity contribution in [2.24, 2.45) is 0 Å². The molecule has 2 rings (SSSR count). The van der Waals surface area contributed by atoms with Crippen LogP contribution in [0.15, 0.2) is 23.6 Å². The van der Waals surface area contributed by atoms with Crippen LogP contribution >= 0.6 is 34.5 Å². The van der Waals surface area contributed by atoms with Gasteiger partial charge in [0.25, 0.3) is 0 Å². The van der Waals surface area contributed by atoms with Gasteiger partial charge in [-0.15, -0.1) is 11.3 Å². The molecule has 0 radical (unpaired) electrons. The monoisotopic (exact) mass is 346 g/mol. The van der Waals surface area contributed by atoms with Crippen LogP contribution in [0.3, 0.4) is 0 Å². The average Bonchev–Trinajstić information content (AvgIpc) is 2.85. The molecule has 21 heavy (non-hydrogen) atoms. The smallest absolute Gasteiger partial charge is 0.139 e. The minimum absolute atomic E-state index is 0.143. The SMILES string of the molecule is Cc1csc(CNCC(O)COc2cc(Cl)ccc2Cl)n1. The largest absolute Gasteiger partial charge is 0.489 e. The van der Waals surface area contributed by atoms with Crippen molar-refractivity contribution in [1.29, 1.82) is 0 Å². The summed E-state index contributed by atoms with van der Waals surface area (Å²) in [6.07, 6.45) is -0.638. The van der Waals surface area contributed by atoms with Crippen LogP contribution in [-0.2, 0) is 6.54 Å². The van der Waals surface area contributed by atoms with Crippen LogP contribution in [0.1, 0.15) is 10.7 Å². The lowest BCUT2D eigenvalue weighted by atomic mass is 10.3. The molecule has 1 atom stereocenters. The van der Waals surface area contributed by atoms with E-state index in [-0.39, 0.29) is 6.61 Å². The highest BCUT2D eigenvalue weighted by Crippen LogP contribution is 2.27. The van der Waals surface area contributed by atoms with Gasteiger partial charge in [-0.25, -0.2) is 4.98 Å². The first-order chi connectivity index (χ1) is 10.0. The molecule has 1 heterocycles. The molecule has 2 aromatic rings. The van der Waals surface area contributed by atoms with E-state index in [1.165, 1.54) is 0 Å². The molecule has 0 saturated carbocycles. The van der Waals surface area contributed by atoms with Crippen molar-refractivity contribution in [3.05, 3.63) is 44.3 Å². The zero-order valence-corrected chi connectivity index (χ0v) is 13.8. The second-order valence-corrected chi connectivity index (χ2v) is 6.34. The van der Waals surface area contributed by atoms with Gasteiger partial charge in [0, 0.05) is 35.3 Å². The van der Waals surface area contributed by atoms with E-state index < -0.39 is 6.10 Å². The van der Waals surface area contributed by atoms with Gasteiger partial charge in [0.1, 0.15) is 23.5 Å². The summed E-state index contributed by atoms with van der Waals surface area (Å²) in [5, 5.41) is 17.0. The number of ether oxygens (including phenoxy) is 1. The number of nitrogens with zero attached hydrogens (tertiary/aromatic N) is 1. The number of rotatable bonds is 7. The van der Waals surface area contributed by atoms with Crippen LogP contribution in [-0.4, -0.2) is 29.3 Å². The molecule has 0 spiro atoms. The Hall–Kier alpha value is -0.850. The van der Waals surface area contributed by atoms with E-state index in [4.69, 9.17) is 27.9 Å². The number of hydrogen-bond acceptors (Lipinski definition) is 5. The molecule has 0 aliphatic carbocycles. The standard InChI is InChI=1S/C14H16Cl2N2O2S/c1-9-8-21-14(18-9)6-17-5-11(19)7-20-13-4-10(15)2-3-12(13)16/h2-4,8,11,17,19H,5-7H2,1H3. The summed E-state index contributed by atoms with van der Waals surface area (Å²) in [5.74, 6) is 0.471. The van der Waals surface area contributed by atoms with Crippen molar-refractivity contribution in [2.45, 2.75) is 19.6 Å². The van der Waals surface area contributed by atoms with Crippen molar-refractivity contribution in [3.63, 3.8) is 0 Å². The fourth-order valence-electron chi connectivity index (χ4n) is 1.66. The van der Waals surface area contributed by atoms with Crippen molar-refractivity contribution < 1.29 is 9.84 Å². The lowest BCUT2D eigenvalue weighted by Gasteiger charge is -2.13. The average molecular weight is 347 g/mol. The Labute approximate surface area is 137 Å². The van der Waals surface area contributed by atoms with E-state index in [0.29, 0.717) is 28.9 Å². The number of hydrogen-bond donors (Lipinski definition) is 2. The van der Waals surface area contributed by atoms with Gasteiger partial charge in [-0.05, 0) is 19.1 Å². The normalized spacial score (nSPS) is 12.4. The Balaban J connectivity index is 1.72. The fraction of sp³-hybridized carbons (Fsp3) is 0.357. The van der Waals surface area contributed by atoms with Gasteiger partial charge in [0.2, 0.25) is 0 Å². The second kappa shape index (κ2) is 7.96. The lowest BCUT2D eigenvalue weighted by Crippen LogP contribution is -2.31. The van der Waals surface area contributed by atoms with Crippen molar-refractivity contribution in [2.75, 3.05) is 13.2 Å². The molecule has 0 saturated heterocycles. The number of aryl methyl sites for hydroxylation is 1. The molecule has 0 aliphatic heterocycles. The zero-order valence-electron chi connectivity index (χ0n) is 11.5. The minimum atomic E-state index is -0.638. The highest BCUT2D eigenvalue weighted by atomic mass is 35.5. The Morgan fingerprint density at radius 2 is 2.24 bits per heavy atom. The number of aromatic nitrogens is 1. The van der Waals surface area contributed by atoms with Gasteiger partial charge in [-0.3, -0.25) is 0 Å². The molecule has 0 aliphatic rings. The molecule has 0 amide bonds. The third-order valence-electron chi connectivity index (χ3n) is 2.65. The molecule has 1 unspecified atom stereocenters. The number of benzene rings is 1. The molecule has 4 nitrogen and oxygen atoms in total. The van der Waals surface area contributed by atoms with Gasteiger partial charge >= 0.3 is 0 Å². The molecule has 114 valence electrons. The van der Waals surface area contributed by atoms with Crippen LogP contribution in [0.5, 0.6) is 5.75 Å². The fourth-order valence-corrected chi connectivity index (χ4v) is 2.74. The third-order valence-corrected chi connectivity index (χ3v) is 4.16.